The zero-order valence-electron chi connectivity index (χ0n) is 17.5. The Labute approximate surface area is 185 Å². The van der Waals surface area contributed by atoms with E-state index in [0.717, 1.165) is 24.2 Å². The summed E-state index contributed by atoms with van der Waals surface area (Å²) in [5, 5.41) is 18.2. The van der Waals surface area contributed by atoms with Crippen LogP contribution in [0.3, 0.4) is 0 Å². The van der Waals surface area contributed by atoms with Gasteiger partial charge >= 0.3 is 0 Å². The summed E-state index contributed by atoms with van der Waals surface area (Å²) in [6, 6.07) is 19.6. The Morgan fingerprint density at radius 3 is 2.78 bits per heavy atom. The second kappa shape index (κ2) is 8.43. The van der Waals surface area contributed by atoms with Crippen molar-refractivity contribution in [1.82, 2.24) is 15.3 Å². The lowest BCUT2D eigenvalue weighted by Gasteiger charge is -2.22. The highest BCUT2D eigenvalue weighted by Crippen LogP contribution is 2.33. The van der Waals surface area contributed by atoms with Crippen molar-refractivity contribution in [1.29, 1.82) is 0 Å². The number of anilines is 1. The van der Waals surface area contributed by atoms with Gasteiger partial charge in [-0.1, -0.05) is 24.3 Å². The van der Waals surface area contributed by atoms with Crippen LogP contribution in [0.1, 0.15) is 11.5 Å². The number of nitrogens with one attached hydrogen (secondary N) is 2. The maximum Gasteiger partial charge on any atom is 0.165 e. The number of aromatic nitrogens is 2. The Morgan fingerprint density at radius 1 is 1.03 bits per heavy atom. The normalized spacial score (nSPS) is 18.1. The number of fused-ring (bicyclic) bond motifs is 1. The minimum absolute atomic E-state index is 0.0654. The molecule has 6 nitrogen and oxygen atoms in total. The zero-order chi connectivity index (χ0) is 22.1. The molecule has 1 fully saturated rings. The molecule has 0 spiro atoms. The number of hydrogen-bond donors (Lipinski definition) is 3. The number of ether oxygens (including phenoxy) is 1. The first kappa shape index (κ1) is 20.2. The maximum atomic E-state index is 13.9. The fourth-order valence-corrected chi connectivity index (χ4v) is 4.22. The third-order valence-electron chi connectivity index (χ3n) is 5.86. The number of benzene rings is 3. The lowest BCUT2D eigenvalue weighted by atomic mass is 9.94. The summed E-state index contributed by atoms with van der Waals surface area (Å²) in [6.07, 6.45) is 0. The van der Waals surface area contributed by atoms with Gasteiger partial charge in [0.15, 0.2) is 5.82 Å². The first-order valence-electron chi connectivity index (χ1n) is 10.5. The van der Waals surface area contributed by atoms with Gasteiger partial charge < -0.3 is 20.5 Å². The van der Waals surface area contributed by atoms with Crippen LogP contribution < -0.4 is 15.4 Å². The predicted octanol–water partition coefficient (Wildman–Crippen LogP) is 4.32. The predicted molar refractivity (Wildman–Crippen MR) is 123 cm³/mol. The van der Waals surface area contributed by atoms with E-state index < -0.39 is 5.82 Å². The molecule has 1 aliphatic rings. The van der Waals surface area contributed by atoms with Crippen LogP contribution in [0, 0.1) is 5.82 Å². The molecule has 3 N–H and O–H groups in total. The minimum atomic E-state index is -0.456. The van der Waals surface area contributed by atoms with E-state index >= 15 is 0 Å². The van der Waals surface area contributed by atoms with Crippen molar-refractivity contribution in [3.63, 3.8) is 0 Å². The molecular weight excluding hydrogens is 407 g/mol. The number of methoxy groups -OCH3 is 1. The molecule has 4 aromatic rings. The topological polar surface area (TPSA) is 79.3 Å². The van der Waals surface area contributed by atoms with E-state index in [4.69, 9.17) is 9.72 Å². The number of phenols is 1. The summed E-state index contributed by atoms with van der Waals surface area (Å²) in [4.78, 5) is 9.27. The monoisotopic (exact) mass is 430 g/mol. The van der Waals surface area contributed by atoms with Crippen LogP contribution in [0.2, 0.25) is 0 Å². The Hall–Kier alpha value is -3.71. The van der Waals surface area contributed by atoms with Crippen LogP contribution in [-0.4, -0.2) is 41.3 Å². The van der Waals surface area contributed by atoms with Crippen molar-refractivity contribution in [3.8, 4) is 22.9 Å². The molecule has 0 saturated carbocycles. The Bertz CT molecular complexity index is 1280. The summed E-state index contributed by atoms with van der Waals surface area (Å²) in [5.74, 6) is 1.43. The third-order valence-corrected chi connectivity index (χ3v) is 5.86. The molecule has 0 radical (unpaired) electrons. The van der Waals surface area contributed by atoms with E-state index in [1.54, 1.807) is 7.11 Å². The summed E-state index contributed by atoms with van der Waals surface area (Å²) < 4.78 is 19.3. The molecule has 2 heterocycles. The Kier molecular flexibility index (Phi) is 5.33. The number of phenolic OH excluding ortho intramolecular Hbond substituents is 1. The average Bonchev–Trinajstić information content (AvgIpc) is 3.29. The molecule has 1 saturated heterocycles. The molecule has 1 aromatic heterocycles. The fraction of sp³-hybridized carbons (Fsp3) is 0.200. The van der Waals surface area contributed by atoms with Gasteiger partial charge in [-0.2, -0.15) is 0 Å². The molecule has 0 amide bonds. The summed E-state index contributed by atoms with van der Waals surface area (Å²) in [6.45, 7) is 1.59. The van der Waals surface area contributed by atoms with Crippen molar-refractivity contribution in [3.05, 3.63) is 78.1 Å². The highest BCUT2D eigenvalue weighted by Gasteiger charge is 2.29. The van der Waals surface area contributed by atoms with Crippen LogP contribution in [-0.2, 0) is 0 Å². The molecule has 0 unspecified atom stereocenters. The molecule has 0 aliphatic carbocycles. The lowest BCUT2D eigenvalue weighted by molar-refractivity contribution is 0.414. The van der Waals surface area contributed by atoms with Crippen molar-refractivity contribution in [2.45, 2.75) is 12.0 Å². The first-order chi connectivity index (χ1) is 15.6. The molecule has 1 aliphatic heterocycles. The quantitative estimate of drug-likeness (QED) is 0.438. The van der Waals surface area contributed by atoms with Gasteiger partial charge in [-0.25, -0.2) is 14.4 Å². The van der Waals surface area contributed by atoms with Gasteiger partial charge in [0.05, 0.1) is 18.2 Å². The van der Waals surface area contributed by atoms with Crippen LogP contribution >= 0.6 is 0 Å². The second-order valence-electron chi connectivity index (χ2n) is 7.87. The van der Waals surface area contributed by atoms with Gasteiger partial charge in [-0.05, 0) is 48.0 Å². The summed E-state index contributed by atoms with van der Waals surface area (Å²) >= 11 is 0. The number of hydrogen-bond acceptors (Lipinski definition) is 6. The molecule has 2 atom stereocenters. The molecule has 0 bridgehead atoms. The Balaban J connectivity index is 1.55. The van der Waals surface area contributed by atoms with E-state index in [1.807, 2.05) is 36.4 Å². The van der Waals surface area contributed by atoms with Crippen LogP contribution in [0.5, 0.6) is 11.5 Å². The maximum absolute atomic E-state index is 13.9. The fourth-order valence-electron chi connectivity index (χ4n) is 4.22. The standard InChI is InChI=1S/C25H23FN4O2/c1-32-17-6-4-5-15(11-17)20-13-27-14-22(20)29-24-18-7-2-3-8-21(18)28-25(30-24)19-12-16(26)9-10-23(19)31/h2-12,20,22,27,31H,13-14H2,1H3,(H,28,29,30)/t20-,22+/m1/s1. The SMILES string of the molecule is COc1cccc([C@H]2CNC[C@@H]2Nc2nc(-c3cc(F)ccc3O)nc3ccccc23)c1. The van der Waals surface area contributed by atoms with E-state index in [-0.39, 0.29) is 29.1 Å². The first-order valence-corrected chi connectivity index (χ1v) is 10.5. The van der Waals surface area contributed by atoms with E-state index in [2.05, 4.69) is 27.8 Å². The Morgan fingerprint density at radius 2 is 1.91 bits per heavy atom. The van der Waals surface area contributed by atoms with Gasteiger partial charge in [0.25, 0.3) is 0 Å². The van der Waals surface area contributed by atoms with Gasteiger partial charge in [0.1, 0.15) is 23.1 Å². The molecular formula is C25H23FN4O2. The molecule has 5 rings (SSSR count). The van der Waals surface area contributed by atoms with Crippen LogP contribution in [0.15, 0.2) is 66.7 Å². The van der Waals surface area contributed by atoms with E-state index in [1.165, 1.54) is 23.8 Å². The largest absolute Gasteiger partial charge is 0.507 e. The van der Waals surface area contributed by atoms with Crippen molar-refractivity contribution in [2.24, 2.45) is 0 Å². The number of rotatable bonds is 5. The van der Waals surface area contributed by atoms with E-state index in [9.17, 15) is 9.50 Å². The van der Waals surface area contributed by atoms with Gasteiger partial charge in [0.2, 0.25) is 0 Å². The number of para-hydroxylation sites is 1. The van der Waals surface area contributed by atoms with Gasteiger partial charge in [-0.15, -0.1) is 0 Å². The lowest BCUT2D eigenvalue weighted by Crippen LogP contribution is -2.28. The highest BCUT2D eigenvalue weighted by molar-refractivity contribution is 5.91. The minimum Gasteiger partial charge on any atom is -0.507 e. The smallest absolute Gasteiger partial charge is 0.165 e. The number of aromatic hydroxyl groups is 1. The molecule has 3 aromatic carbocycles. The molecule has 7 heteroatoms. The number of halogens is 1. The summed E-state index contributed by atoms with van der Waals surface area (Å²) in [7, 11) is 1.66. The summed E-state index contributed by atoms with van der Waals surface area (Å²) in [5.41, 5.74) is 2.15. The van der Waals surface area contributed by atoms with Crippen molar-refractivity contribution in [2.75, 3.05) is 25.5 Å². The van der Waals surface area contributed by atoms with E-state index in [0.29, 0.717) is 11.3 Å². The molecule has 32 heavy (non-hydrogen) atoms. The highest BCUT2D eigenvalue weighted by atomic mass is 19.1. The van der Waals surface area contributed by atoms with Crippen LogP contribution in [0.25, 0.3) is 22.3 Å². The average molecular weight is 430 g/mol. The van der Waals surface area contributed by atoms with Gasteiger partial charge in [0, 0.05) is 30.4 Å². The van der Waals surface area contributed by atoms with Crippen molar-refractivity contribution >= 4 is 16.7 Å². The van der Waals surface area contributed by atoms with Gasteiger partial charge in [-0.3, -0.25) is 0 Å². The second-order valence-corrected chi connectivity index (χ2v) is 7.87. The van der Waals surface area contributed by atoms with Crippen LogP contribution in [0.4, 0.5) is 10.2 Å². The number of nitrogens with zero attached hydrogens (tertiary/aromatic N) is 2. The third kappa shape index (κ3) is 3.83. The van der Waals surface area contributed by atoms with Crippen molar-refractivity contribution < 1.29 is 14.2 Å². The zero-order valence-corrected chi connectivity index (χ0v) is 17.5. The molecule has 162 valence electrons.